The van der Waals surface area contributed by atoms with E-state index in [1.807, 2.05) is 25.1 Å². The molecule has 9 heteroatoms. The quantitative estimate of drug-likeness (QED) is 0.271. The van der Waals surface area contributed by atoms with Gasteiger partial charge in [-0.2, -0.15) is 0 Å². The fraction of sp³-hybridized carbons (Fsp3) is 0.0909. The van der Waals surface area contributed by atoms with Gasteiger partial charge in [-0.1, -0.05) is 6.07 Å². The highest BCUT2D eigenvalue weighted by Gasteiger charge is 2.16. The van der Waals surface area contributed by atoms with Gasteiger partial charge in [0.05, 0.1) is 11.5 Å². The summed E-state index contributed by atoms with van der Waals surface area (Å²) < 4.78 is 7.23. The van der Waals surface area contributed by atoms with Crippen molar-refractivity contribution in [1.29, 1.82) is 0 Å². The number of benzene rings is 2. The molecule has 4 aromatic rings. The highest BCUT2D eigenvalue weighted by Crippen LogP contribution is 2.36. The number of aromatic hydroxyl groups is 2. The Morgan fingerprint density at radius 2 is 1.97 bits per heavy atom. The van der Waals surface area contributed by atoms with E-state index >= 15 is 0 Å². The van der Waals surface area contributed by atoms with Crippen LogP contribution < -0.4 is 4.74 Å². The molecule has 0 atom stereocenters. The molecule has 0 bridgehead atoms. The van der Waals surface area contributed by atoms with E-state index in [-0.39, 0.29) is 22.7 Å². The number of hydrogen-bond acceptors (Lipinski definition) is 7. The van der Waals surface area contributed by atoms with Gasteiger partial charge in [-0.15, -0.1) is 0 Å². The summed E-state index contributed by atoms with van der Waals surface area (Å²) in [4.78, 5) is 19.6. The Morgan fingerprint density at radius 3 is 2.74 bits per heavy atom. The number of phenols is 2. The van der Waals surface area contributed by atoms with Crippen molar-refractivity contribution in [1.82, 2.24) is 9.38 Å². The summed E-state index contributed by atoms with van der Waals surface area (Å²) in [7, 11) is 0. The van der Waals surface area contributed by atoms with Crippen LogP contribution in [0.2, 0.25) is 0 Å². The lowest BCUT2D eigenvalue weighted by Gasteiger charge is -2.07. The Labute approximate surface area is 176 Å². The molecule has 31 heavy (non-hydrogen) atoms. The summed E-state index contributed by atoms with van der Waals surface area (Å²) >= 11 is 0. The fourth-order valence-corrected chi connectivity index (χ4v) is 3.12. The van der Waals surface area contributed by atoms with E-state index in [1.54, 1.807) is 22.7 Å². The summed E-state index contributed by atoms with van der Waals surface area (Å²) in [6, 6.07) is 14.1. The van der Waals surface area contributed by atoms with Crippen LogP contribution in [0.4, 0.5) is 11.5 Å². The van der Waals surface area contributed by atoms with Crippen LogP contribution in [0.5, 0.6) is 17.2 Å². The highest BCUT2D eigenvalue weighted by atomic mass is 16.6. The minimum Gasteiger partial charge on any atom is -0.507 e. The molecular formula is C22H18N4O5. The van der Waals surface area contributed by atoms with Crippen molar-refractivity contribution in [2.75, 3.05) is 6.61 Å². The van der Waals surface area contributed by atoms with Gasteiger partial charge in [0, 0.05) is 35.7 Å². The van der Waals surface area contributed by atoms with Crippen molar-refractivity contribution in [2.24, 2.45) is 4.99 Å². The average molecular weight is 418 g/mol. The molecule has 0 amide bonds. The van der Waals surface area contributed by atoms with Gasteiger partial charge < -0.3 is 14.9 Å². The van der Waals surface area contributed by atoms with Crippen molar-refractivity contribution in [2.45, 2.75) is 6.92 Å². The minimum absolute atomic E-state index is 0.0148. The lowest BCUT2D eigenvalue weighted by Crippen LogP contribution is -1.92. The highest BCUT2D eigenvalue weighted by molar-refractivity contribution is 5.88. The third-order valence-corrected chi connectivity index (χ3v) is 4.59. The Morgan fingerprint density at radius 1 is 1.16 bits per heavy atom. The van der Waals surface area contributed by atoms with Gasteiger partial charge in [0.25, 0.3) is 5.69 Å². The maximum Gasteiger partial charge on any atom is 0.270 e. The molecule has 0 aliphatic heterocycles. The molecule has 4 rings (SSSR count). The smallest absolute Gasteiger partial charge is 0.270 e. The molecular weight excluding hydrogens is 400 g/mol. The summed E-state index contributed by atoms with van der Waals surface area (Å²) in [6.07, 6.45) is 3.14. The monoisotopic (exact) mass is 418 g/mol. The van der Waals surface area contributed by atoms with E-state index in [1.165, 1.54) is 30.5 Å². The number of nitrogens with zero attached hydrogens (tertiary/aromatic N) is 4. The second-order valence-corrected chi connectivity index (χ2v) is 6.59. The lowest BCUT2D eigenvalue weighted by molar-refractivity contribution is -0.384. The van der Waals surface area contributed by atoms with E-state index < -0.39 is 4.92 Å². The molecule has 0 aliphatic carbocycles. The van der Waals surface area contributed by atoms with Crippen LogP contribution in [0.25, 0.3) is 16.9 Å². The van der Waals surface area contributed by atoms with Crippen LogP contribution in [0, 0.1) is 10.1 Å². The van der Waals surface area contributed by atoms with E-state index in [0.29, 0.717) is 35.1 Å². The lowest BCUT2D eigenvalue weighted by atomic mass is 10.1. The van der Waals surface area contributed by atoms with Crippen molar-refractivity contribution >= 4 is 23.4 Å². The molecule has 0 radical (unpaired) electrons. The Bertz CT molecular complexity index is 1310. The molecule has 2 N–H and O–H groups in total. The van der Waals surface area contributed by atoms with Gasteiger partial charge in [-0.3, -0.25) is 14.5 Å². The van der Waals surface area contributed by atoms with Gasteiger partial charge in [0.1, 0.15) is 17.1 Å². The van der Waals surface area contributed by atoms with Crippen molar-refractivity contribution in [3.63, 3.8) is 0 Å². The Balaban J connectivity index is 1.85. The minimum atomic E-state index is -0.540. The molecule has 0 saturated heterocycles. The maximum absolute atomic E-state index is 11.1. The van der Waals surface area contributed by atoms with Gasteiger partial charge in [-0.25, -0.2) is 9.98 Å². The summed E-state index contributed by atoms with van der Waals surface area (Å²) in [5, 5.41) is 31.2. The number of phenolic OH excluding ortho intramolecular Hbond substituents is 2. The SMILES string of the molecule is CCOc1cc(-c2nc3ccccn3c2N=Cc2cc([N+](=O)[O-])ccc2O)ccc1O. The molecule has 9 nitrogen and oxygen atoms in total. The van der Waals surface area contributed by atoms with E-state index in [4.69, 9.17) is 4.74 Å². The summed E-state index contributed by atoms with van der Waals surface area (Å²) in [5.41, 5.74) is 1.87. The molecule has 2 heterocycles. The number of rotatable bonds is 6. The number of ether oxygens (including phenoxy) is 1. The number of aliphatic imine (C=N–C) groups is 1. The first-order valence-corrected chi connectivity index (χ1v) is 9.42. The van der Waals surface area contributed by atoms with Crippen molar-refractivity contribution < 1.29 is 19.9 Å². The molecule has 2 aromatic carbocycles. The zero-order chi connectivity index (χ0) is 22.0. The van der Waals surface area contributed by atoms with Gasteiger partial charge in [0.15, 0.2) is 17.3 Å². The second-order valence-electron chi connectivity index (χ2n) is 6.59. The van der Waals surface area contributed by atoms with Crippen LogP contribution in [0.3, 0.4) is 0 Å². The van der Waals surface area contributed by atoms with Crippen molar-refractivity contribution in [3.8, 4) is 28.5 Å². The van der Waals surface area contributed by atoms with Gasteiger partial charge >= 0.3 is 0 Å². The molecule has 0 fully saturated rings. The normalized spacial score (nSPS) is 11.3. The zero-order valence-electron chi connectivity index (χ0n) is 16.5. The molecule has 0 spiro atoms. The predicted octanol–water partition coefficient (Wildman–Crippen LogP) is 4.47. The van der Waals surface area contributed by atoms with E-state index in [2.05, 4.69) is 9.98 Å². The first-order valence-electron chi connectivity index (χ1n) is 9.42. The number of fused-ring (bicyclic) bond motifs is 1. The Kier molecular flexibility index (Phi) is 5.23. The van der Waals surface area contributed by atoms with Crippen LogP contribution >= 0.6 is 0 Å². The number of non-ortho nitro benzene ring substituents is 1. The van der Waals surface area contributed by atoms with Crippen molar-refractivity contribution in [3.05, 3.63) is 76.5 Å². The predicted molar refractivity (Wildman–Crippen MR) is 115 cm³/mol. The Hall–Kier alpha value is -4.40. The molecule has 156 valence electrons. The first-order chi connectivity index (χ1) is 15.0. The third kappa shape index (κ3) is 3.88. The van der Waals surface area contributed by atoms with Gasteiger partial charge in [0.2, 0.25) is 0 Å². The first kappa shape index (κ1) is 19.9. The largest absolute Gasteiger partial charge is 0.507 e. The number of nitro benzene ring substituents is 1. The van der Waals surface area contributed by atoms with Crippen LogP contribution in [-0.4, -0.2) is 37.3 Å². The standard InChI is InChI=1S/C22H18N4O5/c1-2-31-19-12-14(6-8-18(19)28)21-22(25-10-4-3-5-20(25)24-21)23-13-15-11-16(26(29)30)7-9-17(15)27/h3-13,27-28H,2H2,1H3. The number of imidazole rings is 1. The number of hydrogen-bond donors (Lipinski definition) is 2. The number of pyridine rings is 1. The third-order valence-electron chi connectivity index (χ3n) is 4.59. The van der Waals surface area contributed by atoms with Crippen LogP contribution in [-0.2, 0) is 0 Å². The summed E-state index contributed by atoms with van der Waals surface area (Å²) in [5.74, 6) is 0.659. The zero-order valence-corrected chi connectivity index (χ0v) is 16.5. The average Bonchev–Trinajstić information content (AvgIpc) is 3.13. The topological polar surface area (TPSA) is 122 Å². The van der Waals surface area contributed by atoms with Gasteiger partial charge in [-0.05, 0) is 43.3 Å². The van der Waals surface area contributed by atoms with Crippen LogP contribution in [0.15, 0.2) is 65.8 Å². The maximum atomic E-state index is 11.1. The molecule has 0 aliphatic rings. The second kappa shape index (κ2) is 8.15. The van der Waals surface area contributed by atoms with E-state index in [9.17, 15) is 20.3 Å². The molecule has 0 unspecified atom stereocenters. The number of aromatic nitrogens is 2. The molecule has 2 aromatic heterocycles. The van der Waals surface area contributed by atoms with Crippen LogP contribution in [0.1, 0.15) is 12.5 Å². The fourth-order valence-electron chi connectivity index (χ4n) is 3.12. The van der Waals surface area contributed by atoms with E-state index in [0.717, 1.165) is 0 Å². The number of nitro groups is 1. The molecule has 0 saturated carbocycles. The summed E-state index contributed by atoms with van der Waals surface area (Å²) in [6.45, 7) is 2.21.